The number of carbonyl (C=O) groups excluding carboxylic acids is 2. The van der Waals surface area contributed by atoms with Crippen LogP contribution in [-0.4, -0.2) is 96.0 Å². The van der Waals surface area contributed by atoms with Crippen LogP contribution in [0.4, 0.5) is 0 Å². The highest BCUT2D eigenvalue weighted by Crippen LogP contribution is 2.24. The Kier molecular flexibility index (Phi) is 43.5. The van der Waals surface area contributed by atoms with Crippen molar-refractivity contribution in [2.24, 2.45) is 0 Å². The second-order valence-electron chi connectivity index (χ2n) is 19.6. The number of carbonyl (C=O) groups is 2. The monoisotopic (exact) mass is 1010 g/mol. The van der Waals surface area contributed by atoms with Crippen LogP contribution in [0.25, 0.3) is 0 Å². The number of hydrogen-bond donors (Lipinski definition) is 4. The first kappa shape index (κ1) is 65.6. The van der Waals surface area contributed by atoms with Gasteiger partial charge in [0.1, 0.15) is 36.8 Å². The van der Waals surface area contributed by atoms with Crippen LogP contribution >= 0.6 is 0 Å². The van der Waals surface area contributed by atoms with Crippen molar-refractivity contribution < 1.29 is 56.8 Å². The highest BCUT2D eigenvalue weighted by Gasteiger charge is 2.46. The van der Waals surface area contributed by atoms with E-state index in [0.29, 0.717) is 19.3 Å². The van der Waals surface area contributed by atoms with Gasteiger partial charge in [0.05, 0.1) is 6.61 Å². The normalized spacial score (nSPS) is 19.3. The van der Waals surface area contributed by atoms with E-state index in [0.717, 1.165) is 57.8 Å². The fraction of sp³-hybridized carbons (Fsp3) is 0.825. The van der Waals surface area contributed by atoms with E-state index in [-0.39, 0.29) is 19.4 Å². The Labute approximate surface area is 426 Å². The largest absolute Gasteiger partial charge is 0.462 e. The molecule has 2 unspecified atom stereocenters. The Hall–Kier alpha value is -2.39. The third-order valence-electron chi connectivity index (χ3n) is 12.9. The van der Waals surface area contributed by atoms with E-state index >= 15 is 0 Å². The van der Waals surface area contributed by atoms with Crippen LogP contribution in [0.2, 0.25) is 0 Å². The maximum Gasteiger partial charge on any atom is 0.306 e. The van der Waals surface area contributed by atoms with Crippen LogP contribution in [0.3, 0.4) is 0 Å². The maximum atomic E-state index is 12.9. The van der Waals surface area contributed by atoms with Crippen LogP contribution in [0.15, 0.2) is 48.6 Å². The van der Waals surface area contributed by atoms with Crippen molar-refractivity contribution in [3.8, 4) is 0 Å². The van der Waals surface area contributed by atoms with Crippen LogP contribution in [0, 0.1) is 0 Å². The molecule has 408 valence electrons. The predicted octanol–water partition coefficient (Wildman–Crippen LogP) is 13.5. The molecule has 0 bridgehead atoms. The van der Waals surface area contributed by atoms with Crippen LogP contribution in [0.5, 0.6) is 0 Å². The molecule has 1 aliphatic rings. The molecule has 0 aromatic rings. The van der Waals surface area contributed by atoms with Gasteiger partial charge < -0.3 is 34.3 Å². The van der Waals surface area contributed by atoms with Gasteiger partial charge in [-0.1, -0.05) is 204 Å². The Morgan fingerprint density at radius 3 is 1.39 bits per heavy atom. The fourth-order valence-corrected chi connectivity index (χ4v) is 9.18. The van der Waals surface area contributed by atoms with E-state index in [1.165, 1.54) is 141 Å². The minimum Gasteiger partial charge on any atom is -0.462 e. The Morgan fingerprint density at radius 2 is 0.886 bits per heavy atom. The fourth-order valence-electron chi connectivity index (χ4n) is 8.49. The lowest BCUT2D eigenvalue weighted by Gasteiger charge is -2.40. The average Bonchev–Trinajstić information content (AvgIpc) is 3.33. The van der Waals surface area contributed by atoms with Gasteiger partial charge in [-0.15, -0.1) is 0 Å². The van der Waals surface area contributed by atoms with Gasteiger partial charge in [-0.25, -0.2) is 0 Å². The molecule has 6 atom stereocenters. The quantitative estimate of drug-likeness (QED) is 0.0196. The molecule has 0 radical (unpaired) electrons. The number of ether oxygens (including phenoxy) is 4. The van der Waals surface area contributed by atoms with E-state index in [1.54, 1.807) is 0 Å². The second kappa shape index (κ2) is 46.4. The molecule has 0 saturated carbocycles. The lowest BCUT2D eigenvalue weighted by atomic mass is 10.00. The van der Waals surface area contributed by atoms with Gasteiger partial charge in [0, 0.05) is 12.8 Å². The lowest BCUT2D eigenvalue weighted by molar-refractivity contribution is -0.297. The van der Waals surface area contributed by atoms with Gasteiger partial charge in [0.2, 0.25) is 0 Å². The first-order chi connectivity index (χ1) is 34.0. The molecule has 0 spiro atoms. The zero-order chi connectivity index (χ0) is 51.2. The number of hydrogen-bond acceptors (Lipinski definition) is 11. The molecule has 13 heteroatoms. The van der Waals surface area contributed by atoms with Crippen molar-refractivity contribution in [3.63, 3.8) is 0 Å². The molecular formula is C57H102O12S. The SMILES string of the molecule is CCCCC/C=C/C/C=C/CCCCCCCCCCCC(=O)O[C@H](COC(=O)CCC/C=C/CC/C=C/CCCCCCCCCCCCCCCC)CO[C@H]1O[C@H](CS(=O)(=O)O)[C@@H](O)C(O)C1O. The summed E-state index contributed by atoms with van der Waals surface area (Å²) >= 11 is 0. The number of aliphatic hydroxyl groups excluding tert-OH is 3. The van der Waals surface area contributed by atoms with Crippen molar-refractivity contribution in [2.45, 2.75) is 282 Å². The Balaban J connectivity index is 2.35. The summed E-state index contributed by atoms with van der Waals surface area (Å²) in [7, 11) is -4.61. The zero-order valence-corrected chi connectivity index (χ0v) is 44.9. The van der Waals surface area contributed by atoms with Gasteiger partial charge in [-0.3, -0.25) is 14.1 Å². The minimum absolute atomic E-state index is 0.151. The van der Waals surface area contributed by atoms with E-state index in [1.807, 2.05) is 0 Å². The molecule has 1 aliphatic heterocycles. The lowest BCUT2D eigenvalue weighted by Crippen LogP contribution is -2.60. The molecule has 1 saturated heterocycles. The number of allylic oxidation sites excluding steroid dienone is 8. The first-order valence-corrected chi connectivity index (χ1v) is 29.8. The number of esters is 2. The number of rotatable bonds is 48. The molecule has 0 amide bonds. The summed E-state index contributed by atoms with van der Waals surface area (Å²) in [6, 6.07) is 0. The topological polar surface area (TPSA) is 186 Å². The molecule has 4 N–H and O–H groups in total. The number of aliphatic hydroxyl groups is 3. The standard InChI is InChI=1S/C57H102O12S/c1-3-5-7-9-11-13-15-17-19-21-23-24-25-26-28-29-31-33-35-37-39-41-43-45-52(58)66-47-50(48-67-57-56(62)55(61)54(60)51(69-57)49-70(63,64)65)68-53(59)46-44-42-40-38-36-34-32-30-27-22-20-18-16-14-12-10-8-6-4-2/h12,14,18,20,29,31,37,39,50-51,54-57,60-62H,3-11,13,15-17,19,21-28,30,32-36,38,40-49H2,1-2H3,(H,63,64,65)/b14-12+,20-18+,31-29+,39-37+/t50-,51-,54-,55?,56?,57+/m1/s1. The molecular weight excluding hydrogens is 909 g/mol. The van der Waals surface area contributed by atoms with Crippen LogP contribution in [0.1, 0.15) is 245 Å². The molecule has 12 nitrogen and oxygen atoms in total. The van der Waals surface area contributed by atoms with Gasteiger partial charge >= 0.3 is 11.9 Å². The van der Waals surface area contributed by atoms with E-state index in [2.05, 4.69) is 62.5 Å². The summed E-state index contributed by atoms with van der Waals surface area (Å²) in [5.41, 5.74) is 0. The third-order valence-corrected chi connectivity index (χ3v) is 13.6. The van der Waals surface area contributed by atoms with Gasteiger partial charge in [0.25, 0.3) is 10.1 Å². The first-order valence-electron chi connectivity index (χ1n) is 28.2. The molecule has 1 heterocycles. The number of unbranched alkanes of at least 4 members (excludes halogenated alkanes) is 28. The molecule has 0 aliphatic carbocycles. The molecule has 70 heavy (non-hydrogen) atoms. The summed E-state index contributed by atoms with van der Waals surface area (Å²) < 4.78 is 54.3. The Bertz CT molecular complexity index is 1460. The molecule has 1 fully saturated rings. The van der Waals surface area contributed by atoms with Crippen LogP contribution in [-0.2, 0) is 38.7 Å². The summed E-state index contributed by atoms with van der Waals surface area (Å²) in [6.45, 7) is 3.74. The van der Waals surface area contributed by atoms with E-state index < -0.39 is 71.2 Å². The summed E-state index contributed by atoms with van der Waals surface area (Å²) in [5, 5.41) is 31.0. The van der Waals surface area contributed by atoms with Crippen molar-refractivity contribution >= 4 is 22.1 Å². The Morgan fingerprint density at radius 1 is 0.486 bits per heavy atom. The van der Waals surface area contributed by atoms with Crippen molar-refractivity contribution in [2.75, 3.05) is 19.0 Å². The summed E-state index contributed by atoms with van der Waals surface area (Å²) in [5.74, 6) is -2.04. The van der Waals surface area contributed by atoms with Crippen molar-refractivity contribution in [1.82, 2.24) is 0 Å². The van der Waals surface area contributed by atoms with Crippen LogP contribution < -0.4 is 0 Å². The summed E-state index contributed by atoms with van der Waals surface area (Å²) in [6.07, 6.45) is 48.8. The van der Waals surface area contributed by atoms with E-state index in [9.17, 15) is 37.9 Å². The zero-order valence-electron chi connectivity index (χ0n) is 44.1. The van der Waals surface area contributed by atoms with Gasteiger partial charge in [-0.2, -0.15) is 8.42 Å². The average molecular weight is 1010 g/mol. The highest BCUT2D eigenvalue weighted by atomic mass is 32.2. The molecule has 1 rings (SSSR count). The summed E-state index contributed by atoms with van der Waals surface area (Å²) in [4.78, 5) is 25.6. The van der Waals surface area contributed by atoms with E-state index in [4.69, 9.17) is 18.9 Å². The van der Waals surface area contributed by atoms with Gasteiger partial charge in [-0.05, 0) is 77.0 Å². The second-order valence-corrected chi connectivity index (χ2v) is 21.1. The smallest absolute Gasteiger partial charge is 0.306 e. The third kappa shape index (κ3) is 40.1. The molecule has 0 aromatic heterocycles. The van der Waals surface area contributed by atoms with Crippen molar-refractivity contribution in [1.29, 1.82) is 0 Å². The highest BCUT2D eigenvalue weighted by molar-refractivity contribution is 7.85. The van der Waals surface area contributed by atoms with Crippen molar-refractivity contribution in [3.05, 3.63) is 48.6 Å². The maximum absolute atomic E-state index is 12.9. The van der Waals surface area contributed by atoms with Gasteiger partial charge in [0.15, 0.2) is 12.4 Å². The minimum atomic E-state index is -4.61. The predicted molar refractivity (Wildman–Crippen MR) is 284 cm³/mol. The molecule has 0 aromatic carbocycles.